The molecule has 0 unspecified atom stereocenters. The van der Waals surface area contributed by atoms with Gasteiger partial charge in [-0.3, -0.25) is 9.59 Å². The predicted octanol–water partition coefficient (Wildman–Crippen LogP) is 2.50. The third kappa shape index (κ3) is 4.16. The average molecular weight is 352 g/mol. The number of hydrogen-bond donors (Lipinski definition) is 2. The Morgan fingerprint density at radius 2 is 2.10 bits per heavy atom. The van der Waals surface area contributed by atoms with Gasteiger partial charge in [-0.25, -0.2) is 0 Å². The van der Waals surface area contributed by atoms with Gasteiger partial charge in [0.1, 0.15) is 11.8 Å². The Morgan fingerprint density at radius 3 is 2.71 bits per heavy atom. The predicted molar refractivity (Wildman–Crippen MR) is 80.9 cm³/mol. The highest BCUT2D eigenvalue weighted by molar-refractivity contribution is 9.10. The highest BCUT2D eigenvalue weighted by atomic mass is 79.9. The van der Waals surface area contributed by atoms with E-state index in [1.807, 2.05) is 6.07 Å². The summed E-state index contributed by atoms with van der Waals surface area (Å²) < 4.78 is 5.65. The van der Waals surface area contributed by atoms with Gasteiger partial charge in [0.25, 0.3) is 5.91 Å². The van der Waals surface area contributed by atoms with E-state index in [1.165, 1.54) is 0 Å². The molecule has 21 heavy (non-hydrogen) atoms. The Bertz CT molecular complexity index is 669. The van der Waals surface area contributed by atoms with Gasteiger partial charge in [0, 0.05) is 16.1 Å². The third-order valence-corrected chi connectivity index (χ3v) is 3.20. The second kappa shape index (κ2) is 6.53. The molecule has 0 saturated heterocycles. The van der Waals surface area contributed by atoms with Crippen molar-refractivity contribution in [1.82, 2.24) is 10.5 Å². The summed E-state index contributed by atoms with van der Waals surface area (Å²) in [6.07, 6.45) is 0. The van der Waals surface area contributed by atoms with Gasteiger partial charge >= 0.3 is 0 Å². The maximum absolute atomic E-state index is 12.0. The summed E-state index contributed by atoms with van der Waals surface area (Å²) in [6, 6.07) is 7.82. The molecule has 2 aromatic rings. The van der Waals surface area contributed by atoms with Crippen molar-refractivity contribution in [2.75, 3.05) is 5.32 Å². The first-order chi connectivity index (χ1) is 9.95. The number of amides is 2. The Morgan fingerprint density at radius 1 is 1.33 bits per heavy atom. The molecule has 0 saturated carbocycles. The molecule has 1 heterocycles. The number of carbonyl (C=O) groups excluding carboxylic acids is 2. The molecule has 0 aliphatic heterocycles. The fraction of sp³-hybridized carbons (Fsp3) is 0.214. The zero-order valence-electron chi connectivity index (χ0n) is 11.5. The van der Waals surface area contributed by atoms with Crippen LogP contribution in [0.4, 0.5) is 5.82 Å². The normalized spacial score (nSPS) is 11.8. The minimum Gasteiger partial charge on any atom is -0.360 e. The largest absolute Gasteiger partial charge is 0.360 e. The number of aromatic nitrogens is 1. The molecule has 2 N–H and O–H groups in total. The van der Waals surface area contributed by atoms with E-state index in [2.05, 4.69) is 31.7 Å². The van der Waals surface area contributed by atoms with Gasteiger partial charge in [-0.2, -0.15) is 0 Å². The van der Waals surface area contributed by atoms with Crippen LogP contribution in [0.15, 0.2) is 39.3 Å². The molecule has 0 spiro atoms. The molecule has 1 aromatic heterocycles. The van der Waals surface area contributed by atoms with E-state index in [4.69, 9.17) is 4.52 Å². The molecule has 0 bridgehead atoms. The van der Waals surface area contributed by atoms with Crippen molar-refractivity contribution in [1.29, 1.82) is 0 Å². The van der Waals surface area contributed by atoms with Crippen molar-refractivity contribution in [2.45, 2.75) is 19.9 Å². The van der Waals surface area contributed by atoms with Gasteiger partial charge in [0.05, 0.1) is 0 Å². The molecular formula is C14H14BrN3O3. The van der Waals surface area contributed by atoms with Crippen LogP contribution in [0.2, 0.25) is 0 Å². The molecule has 2 rings (SSSR count). The van der Waals surface area contributed by atoms with E-state index >= 15 is 0 Å². The molecule has 110 valence electrons. The number of nitrogens with zero attached hydrogens (tertiary/aromatic N) is 1. The van der Waals surface area contributed by atoms with Crippen molar-refractivity contribution in [3.8, 4) is 0 Å². The van der Waals surface area contributed by atoms with Crippen LogP contribution in [0, 0.1) is 6.92 Å². The van der Waals surface area contributed by atoms with Crippen LogP contribution in [0.3, 0.4) is 0 Å². The fourth-order valence-electron chi connectivity index (χ4n) is 1.64. The first kappa shape index (κ1) is 15.2. The van der Waals surface area contributed by atoms with E-state index in [9.17, 15) is 9.59 Å². The smallest absolute Gasteiger partial charge is 0.251 e. The summed E-state index contributed by atoms with van der Waals surface area (Å²) >= 11 is 3.29. The standard InChI is InChI=1S/C14H14BrN3O3/c1-8-6-12(18-21-8)17-13(19)9(2)16-14(20)10-4-3-5-11(15)7-10/h3-7,9H,1-2H3,(H,16,20)(H,17,18,19)/t9-/m1/s1. The van der Waals surface area contributed by atoms with Crippen molar-refractivity contribution >= 4 is 33.6 Å². The van der Waals surface area contributed by atoms with Crippen LogP contribution >= 0.6 is 15.9 Å². The van der Waals surface area contributed by atoms with Gasteiger partial charge in [0.15, 0.2) is 5.82 Å². The Labute approximate surface area is 130 Å². The number of rotatable bonds is 4. The highest BCUT2D eigenvalue weighted by Gasteiger charge is 2.17. The second-order valence-corrected chi connectivity index (χ2v) is 5.43. The lowest BCUT2D eigenvalue weighted by Gasteiger charge is -2.13. The quantitative estimate of drug-likeness (QED) is 0.886. The maximum atomic E-state index is 12.0. The minimum atomic E-state index is -0.700. The molecule has 7 heteroatoms. The molecule has 1 atom stereocenters. The summed E-state index contributed by atoms with van der Waals surface area (Å²) in [5.41, 5.74) is 0.473. The van der Waals surface area contributed by atoms with Gasteiger partial charge < -0.3 is 15.2 Å². The number of halogens is 1. The van der Waals surface area contributed by atoms with Crippen LogP contribution in [0.1, 0.15) is 23.0 Å². The highest BCUT2D eigenvalue weighted by Crippen LogP contribution is 2.12. The number of hydrogen-bond acceptors (Lipinski definition) is 4. The van der Waals surface area contributed by atoms with Crippen molar-refractivity contribution < 1.29 is 14.1 Å². The van der Waals surface area contributed by atoms with Crippen LogP contribution in [0.5, 0.6) is 0 Å². The third-order valence-electron chi connectivity index (χ3n) is 2.71. The van der Waals surface area contributed by atoms with E-state index in [1.54, 1.807) is 38.1 Å². The lowest BCUT2D eigenvalue weighted by Crippen LogP contribution is -2.41. The minimum absolute atomic E-state index is 0.320. The summed E-state index contributed by atoms with van der Waals surface area (Å²) in [7, 11) is 0. The molecule has 0 fully saturated rings. The van der Waals surface area contributed by atoms with Gasteiger partial charge in [0.2, 0.25) is 5.91 Å². The summed E-state index contributed by atoms with van der Waals surface area (Å²) in [6.45, 7) is 3.32. The molecule has 0 aliphatic rings. The number of nitrogens with one attached hydrogen (secondary N) is 2. The van der Waals surface area contributed by atoms with Gasteiger partial charge in [-0.1, -0.05) is 27.2 Å². The van der Waals surface area contributed by atoms with Crippen LogP contribution < -0.4 is 10.6 Å². The van der Waals surface area contributed by atoms with Crippen LogP contribution in [-0.2, 0) is 4.79 Å². The monoisotopic (exact) mass is 351 g/mol. The molecule has 2 amide bonds. The number of aryl methyl sites for hydroxylation is 1. The van der Waals surface area contributed by atoms with Crippen molar-refractivity contribution in [3.63, 3.8) is 0 Å². The molecular weight excluding hydrogens is 338 g/mol. The first-order valence-corrected chi connectivity index (χ1v) is 7.05. The summed E-state index contributed by atoms with van der Waals surface area (Å²) in [5, 5.41) is 8.84. The summed E-state index contributed by atoms with van der Waals surface area (Å²) in [5.74, 6) is 0.221. The van der Waals surface area contributed by atoms with Crippen molar-refractivity contribution in [2.24, 2.45) is 0 Å². The van der Waals surface area contributed by atoms with E-state index < -0.39 is 6.04 Å². The maximum Gasteiger partial charge on any atom is 0.251 e. The number of carbonyl (C=O) groups is 2. The molecule has 6 nitrogen and oxygen atoms in total. The van der Waals surface area contributed by atoms with E-state index in [0.29, 0.717) is 17.1 Å². The lowest BCUT2D eigenvalue weighted by molar-refractivity contribution is -0.117. The lowest BCUT2D eigenvalue weighted by atomic mass is 10.2. The van der Waals surface area contributed by atoms with Crippen LogP contribution in [-0.4, -0.2) is 23.0 Å². The number of benzene rings is 1. The van der Waals surface area contributed by atoms with E-state index in [0.717, 1.165) is 4.47 Å². The Hall–Kier alpha value is -2.15. The first-order valence-electron chi connectivity index (χ1n) is 6.26. The molecule has 0 aliphatic carbocycles. The molecule has 0 radical (unpaired) electrons. The number of anilines is 1. The topological polar surface area (TPSA) is 84.2 Å². The van der Waals surface area contributed by atoms with Gasteiger partial charge in [-0.15, -0.1) is 0 Å². The van der Waals surface area contributed by atoms with Crippen LogP contribution in [0.25, 0.3) is 0 Å². The van der Waals surface area contributed by atoms with Gasteiger partial charge in [-0.05, 0) is 32.0 Å². The fourth-order valence-corrected chi connectivity index (χ4v) is 2.03. The zero-order valence-corrected chi connectivity index (χ0v) is 13.1. The Balaban J connectivity index is 1.95. The zero-order chi connectivity index (χ0) is 15.4. The molecule has 1 aromatic carbocycles. The van der Waals surface area contributed by atoms with E-state index in [-0.39, 0.29) is 11.8 Å². The Kier molecular flexibility index (Phi) is 4.74. The SMILES string of the molecule is Cc1cc(NC(=O)[C@@H](C)NC(=O)c2cccc(Br)c2)no1. The summed E-state index contributed by atoms with van der Waals surface area (Å²) in [4.78, 5) is 24.0. The van der Waals surface area contributed by atoms with Crippen molar-refractivity contribution in [3.05, 3.63) is 46.1 Å². The average Bonchev–Trinajstić information content (AvgIpc) is 2.84. The second-order valence-electron chi connectivity index (χ2n) is 4.52.